The summed E-state index contributed by atoms with van der Waals surface area (Å²) in [5, 5.41) is 9.47. The highest BCUT2D eigenvalue weighted by Gasteiger charge is 2.23. The quantitative estimate of drug-likeness (QED) is 0.419. The number of nitrogens with one attached hydrogen (secondary N) is 3. The third-order valence-electron chi connectivity index (χ3n) is 4.60. The lowest BCUT2D eigenvalue weighted by molar-refractivity contribution is -0.114. The highest BCUT2D eigenvalue weighted by molar-refractivity contribution is 7.92. The van der Waals surface area contributed by atoms with Gasteiger partial charge in [0.2, 0.25) is 5.91 Å². The molecule has 0 aliphatic rings. The Kier molecular flexibility index (Phi) is 5.35. The molecule has 164 valence electrons. The summed E-state index contributed by atoms with van der Waals surface area (Å²) in [6.45, 7) is 3.09. The van der Waals surface area contributed by atoms with Gasteiger partial charge in [0.05, 0.1) is 5.39 Å². The molecule has 2 aromatic heterocycles. The summed E-state index contributed by atoms with van der Waals surface area (Å²) in [5.74, 6) is -2.31. The number of aromatic nitrogens is 3. The summed E-state index contributed by atoms with van der Waals surface area (Å²) in [4.78, 5) is 14.8. The second-order valence-electron chi connectivity index (χ2n) is 7.11. The van der Waals surface area contributed by atoms with E-state index >= 15 is 0 Å². The van der Waals surface area contributed by atoms with Crippen molar-refractivity contribution in [2.45, 2.75) is 18.7 Å². The summed E-state index contributed by atoms with van der Waals surface area (Å²) in [7, 11) is -4.35. The van der Waals surface area contributed by atoms with Gasteiger partial charge in [0, 0.05) is 36.0 Å². The SMILES string of the molecule is CC(=O)Nc1[nH]nc2ncc(-c3cc(S(=O)(=O)Nc4cccc(C)c4)c(F)cc3F)cc12. The molecule has 11 heteroatoms. The topological polar surface area (TPSA) is 117 Å². The van der Waals surface area contributed by atoms with Crippen molar-refractivity contribution in [1.82, 2.24) is 15.2 Å². The molecule has 3 N–H and O–H groups in total. The Morgan fingerprint density at radius 3 is 2.59 bits per heavy atom. The van der Waals surface area contributed by atoms with E-state index in [0.29, 0.717) is 11.5 Å². The van der Waals surface area contributed by atoms with Crippen LogP contribution in [0.2, 0.25) is 0 Å². The molecule has 0 bridgehead atoms. The number of H-pyrrole nitrogens is 1. The molecule has 0 saturated heterocycles. The zero-order valence-corrected chi connectivity index (χ0v) is 17.7. The number of nitrogens with zero attached hydrogens (tertiary/aromatic N) is 2. The lowest BCUT2D eigenvalue weighted by Crippen LogP contribution is -2.15. The molecule has 0 aliphatic carbocycles. The van der Waals surface area contributed by atoms with E-state index in [2.05, 4.69) is 25.2 Å². The molecular formula is C21H17F2N5O3S. The number of rotatable bonds is 5. The van der Waals surface area contributed by atoms with E-state index < -0.39 is 26.6 Å². The van der Waals surface area contributed by atoms with Crippen LogP contribution in [0.15, 0.2) is 53.6 Å². The monoisotopic (exact) mass is 457 g/mol. The average molecular weight is 457 g/mol. The maximum absolute atomic E-state index is 14.6. The lowest BCUT2D eigenvalue weighted by atomic mass is 10.1. The number of sulfonamides is 1. The third-order valence-corrected chi connectivity index (χ3v) is 6.00. The molecule has 32 heavy (non-hydrogen) atoms. The fourth-order valence-corrected chi connectivity index (χ4v) is 4.33. The van der Waals surface area contributed by atoms with Gasteiger partial charge >= 0.3 is 0 Å². The Balaban J connectivity index is 1.79. The first-order valence-corrected chi connectivity index (χ1v) is 10.8. The Bertz CT molecular complexity index is 1470. The molecule has 0 atom stereocenters. The van der Waals surface area contributed by atoms with Crippen molar-refractivity contribution in [2.24, 2.45) is 0 Å². The zero-order valence-electron chi connectivity index (χ0n) is 16.9. The van der Waals surface area contributed by atoms with E-state index in [4.69, 9.17) is 0 Å². The number of carbonyl (C=O) groups is 1. The summed E-state index contributed by atoms with van der Waals surface area (Å²) >= 11 is 0. The van der Waals surface area contributed by atoms with Crippen molar-refractivity contribution in [2.75, 3.05) is 10.0 Å². The van der Waals surface area contributed by atoms with E-state index in [9.17, 15) is 22.0 Å². The minimum atomic E-state index is -4.35. The number of carbonyl (C=O) groups excluding carboxylic acids is 1. The van der Waals surface area contributed by atoms with Crippen LogP contribution in [-0.4, -0.2) is 29.5 Å². The molecule has 2 aromatic carbocycles. The Labute approximate surface area is 181 Å². The van der Waals surface area contributed by atoms with Crippen molar-refractivity contribution in [3.05, 3.63) is 65.9 Å². The highest BCUT2D eigenvalue weighted by atomic mass is 32.2. The maximum Gasteiger partial charge on any atom is 0.264 e. The summed E-state index contributed by atoms with van der Waals surface area (Å²) < 4.78 is 57.1. The predicted octanol–water partition coefficient (Wildman–Crippen LogP) is 3.97. The van der Waals surface area contributed by atoms with Gasteiger partial charge in [-0.3, -0.25) is 14.6 Å². The van der Waals surface area contributed by atoms with Crippen molar-refractivity contribution >= 4 is 38.5 Å². The molecule has 0 spiro atoms. The van der Waals surface area contributed by atoms with Crippen LogP contribution in [0.1, 0.15) is 12.5 Å². The van der Waals surface area contributed by atoms with Gasteiger partial charge in [-0.2, -0.15) is 5.10 Å². The molecule has 0 saturated carbocycles. The number of aromatic amines is 1. The number of halogens is 2. The Morgan fingerprint density at radius 2 is 1.88 bits per heavy atom. The lowest BCUT2D eigenvalue weighted by Gasteiger charge is -2.12. The highest BCUT2D eigenvalue weighted by Crippen LogP contribution is 2.31. The fourth-order valence-electron chi connectivity index (χ4n) is 3.19. The van der Waals surface area contributed by atoms with E-state index in [-0.39, 0.29) is 34.2 Å². The molecule has 2 heterocycles. The third kappa shape index (κ3) is 4.14. The number of benzene rings is 2. The number of anilines is 2. The summed E-state index contributed by atoms with van der Waals surface area (Å²) in [6, 6.07) is 9.42. The molecule has 0 radical (unpaired) electrons. The van der Waals surface area contributed by atoms with Crippen LogP contribution in [0.5, 0.6) is 0 Å². The van der Waals surface area contributed by atoms with Gasteiger partial charge in [-0.1, -0.05) is 12.1 Å². The largest absolute Gasteiger partial charge is 0.311 e. The number of hydrogen-bond donors (Lipinski definition) is 3. The molecule has 4 aromatic rings. The fraction of sp³-hybridized carbons (Fsp3) is 0.0952. The van der Waals surface area contributed by atoms with E-state index in [1.165, 1.54) is 25.3 Å². The molecule has 4 rings (SSSR count). The number of aryl methyl sites for hydroxylation is 1. The van der Waals surface area contributed by atoms with Crippen molar-refractivity contribution in [3.63, 3.8) is 0 Å². The summed E-state index contributed by atoms with van der Waals surface area (Å²) in [6.07, 6.45) is 1.28. The Morgan fingerprint density at radius 1 is 1.09 bits per heavy atom. The van der Waals surface area contributed by atoms with Crippen LogP contribution in [0.4, 0.5) is 20.3 Å². The minimum Gasteiger partial charge on any atom is -0.311 e. The molecule has 1 amide bonds. The van der Waals surface area contributed by atoms with Gasteiger partial charge in [-0.25, -0.2) is 22.2 Å². The first kappa shape index (κ1) is 21.4. The van der Waals surface area contributed by atoms with Crippen molar-refractivity contribution in [1.29, 1.82) is 0 Å². The van der Waals surface area contributed by atoms with Crippen LogP contribution < -0.4 is 10.0 Å². The molecular weight excluding hydrogens is 440 g/mol. The number of hydrogen-bond acceptors (Lipinski definition) is 5. The number of amides is 1. The molecule has 0 aliphatic heterocycles. The van der Waals surface area contributed by atoms with Gasteiger partial charge in [-0.15, -0.1) is 0 Å². The van der Waals surface area contributed by atoms with E-state index in [1.807, 2.05) is 0 Å². The van der Waals surface area contributed by atoms with E-state index in [0.717, 1.165) is 11.6 Å². The predicted molar refractivity (Wildman–Crippen MR) is 116 cm³/mol. The smallest absolute Gasteiger partial charge is 0.264 e. The zero-order chi connectivity index (χ0) is 23.0. The minimum absolute atomic E-state index is 0.176. The number of pyridine rings is 1. The molecule has 0 fully saturated rings. The molecule has 8 nitrogen and oxygen atoms in total. The first-order chi connectivity index (χ1) is 15.1. The average Bonchev–Trinajstić information content (AvgIpc) is 3.09. The maximum atomic E-state index is 14.6. The van der Waals surface area contributed by atoms with Gasteiger partial charge < -0.3 is 5.32 Å². The van der Waals surface area contributed by atoms with Crippen molar-refractivity contribution < 1.29 is 22.0 Å². The van der Waals surface area contributed by atoms with E-state index in [1.54, 1.807) is 25.1 Å². The Hall–Kier alpha value is -3.86. The van der Waals surface area contributed by atoms with Crippen molar-refractivity contribution in [3.8, 4) is 11.1 Å². The number of fused-ring (bicyclic) bond motifs is 1. The first-order valence-electron chi connectivity index (χ1n) is 9.34. The second-order valence-corrected chi connectivity index (χ2v) is 8.76. The van der Waals surface area contributed by atoms with Crippen LogP contribution in [0, 0.1) is 18.6 Å². The van der Waals surface area contributed by atoms with Crippen LogP contribution in [0.25, 0.3) is 22.2 Å². The van der Waals surface area contributed by atoms with Crippen LogP contribution in [0.3, 0.4) is 0 Å². The van der Waals surface area contributed by atoms with Crippen LogP contribution in [-0.2, 0) is 14.8 Å². The van der Waals surface area contributed by atoms with Gasteiger partial charge in [0.25, 0.3) is 10.0 Å². The second kappa shape index (κ2) is 8.00. The summed E-state index contributed by atoms with van der Waals surface area (Å²) in [5.41, 5.74) is 1.31. The van der Waals surface area contributed by atoms with Crippen LogP contribution >= 0.6 is 0 Å². The molecule has 0 unspecified atom stereocenters. The van der Waals surface area contributed by atoms with Gasteiger partial charge in [-0.05, 0) is 36.8 Å². The van der Waals surface area contributed by atoms with Gasteiger partial charge in [0.15, 0.2) is 5.65 Å². The normalized spacial score (nSPS) is 11.5. The van der Waals surface area contributed by atoms with Gasteiger partial charge in [0.1, 0.15) is 22.3 Å². The standard InChI is InChI=1S/C21H17F2N5O3S/c1-11-4-3-5-14(6-11)28-32(30,31)19-8-15(17(22)9-18(19)23)13-7-16-20(24-10-13)26-27-21(16)25-12(2)29/h3-10,28H,1-2H3,(H2,24,25,26,27,29).